The molecule has 6 nitrogen and oxygen atoms in total. The summed E-state index contributed by atoms with van der Waals surface area (Å²) in [4.78, 5) is 6.89. The first-order valence-electron chi connectivity index (χ1n) is 10.3. The summed E-state index contributed by atoms with van der Waals surface area (Å²) in [7, 11) is 3.63. The van der Waals surface area contributed by atoms with Crippen molar-refractivity contribution in [2.45, 2.75) is 51.9 Å². The Kier molecular flexibility index (Phi) is 8.75. The maximum atomic E-state index is 5.74. The van der Waals surface area contributed by atoms with Crippen LogP contribution in [0.15, 0.2) is 29.3 Å². The Morgan fingerprint density at radius 3 is 2.45 bits per heavy atom. The van der Waals surface area contributed by atoms with Crippen molar-refractivity contribution in [3.05, 3.63) is 35.4 Å². The summed E-state index contributed by atoms with van der Waals surface area (Å²) in [6.45, 7) is 12.1. The Bertz CT molecular complexity index is 691. The standard InChI is InChI=1S/C22H36N4O2.HI/c1-21(2)19(14-22(21,3)27-5)25-20(23-4)24-15-17-8-6-7-9-18(17)16-26-10-12-28-13-11-26;/h6-9,19H,10-16H2,1-5H3,(H2,23,24,25);1H. The number of rotatable bonds is 6. The highest BCUT2D eigenvalue weighted by atomic mass is 127. The Balaban J connectivity index is 0.00000300. The van der Waals surface area contributed by atoms with Gasteiger partial charge in [0, 0.05) is 51.8 Å². The van der Waals surface area contributed by atoms with E-state index < -0.39 is 0 Å². The van der Waals surface area contributed by atoms with Gasteiger partial charge in [0.05, 0.1) is 18.8 Å². The predicted octanol–water partition coefficient (Wildman–Crippen LogP) is 3.01. The largest absolute Gasteiger partial charge is 0.379 e. The first-order chi connectivity index (χ1) is 13.4. The molecule has 2 fully saturated rings. The van der Waals surface area contributed by atoms with Gasteiger partial charge in [0.2, 0.25) is 0 Å². The van der Waals surface area contributed by atoms with E-state index in [1.807, 2.05) is 7.05 Å². The Hall–Kier alpha value is -0.900. The fourth-order valence-corrected chi connectivity index (χ4v) is 4.15. The number of halogens is 1. The molecule has 0 aromatic heterocycles. The summed E-state index contributed by atoms with van der Waals surface area (Å²) < 4.78 is 11.2. The minimum absolute atomic E-state index is 0. The lowest BCUT2D eigenvalue weighted by atomic mass is 9.56. The number of nitrogens with zero attached hydrogens (tertiary/aromatic N) is 2. The third-order valence-corrected chi connectivity index (χ3v) is 6.88. The number of morpholine rings is 1. The molecular weight excluding hydrogens is 479 g/mol. The average molecular weight is 516 g/mol. The molecule has 164 valence electrons. The van der Waals surface area contributed by atoms with Gasteiger partial charge in [-0.15, -0.1) is 24.0 Å². The average Bonchev–Trinajstić information content (AvgIpc) is 2.71. The van der Waals surface area contributed by atoms with Crippen molar-refractivity contribution in [2.75, 3.05) is 40.5 Å². The van der Waals surface area contributed by atoms with Gasteiger partial charge < -0.3 is 20.1 Å². The number of hydrogen-bond acceptors (Lipinski definition) is 4. The van der Waals surface area contributed by atoms with Crippen molar-refractivity contribution in [1.82, 2.24) is 15.5 Å². The molecule has 2 aliphatic rings. The van der Waals surface area contributed by atoms with Crippen LogP contribution in [0, 0.1) is 5.41 Å². The summed E-state index contributed by atoms with van der Waals surface area (Å²) in [6.07, 6.45) is 0.977. The van der Waals surface area contributed by atoms with Gasteiger partial charge >= 0.3 is 0 Å². The summed E-state index contributed by atoms with van der Waals surface area (Å²) in [5.41, 5.74) is 2.64. The van der Waals surface area contributed by atoms with Crippen molar-refractivity contribution in [3.63, 3.8) is 0 Å². The minimum atomic E-state index is -0.0890. The molecule has 29 heavy (non-hydrogen) atoms. The highest BCUT2D eigenvalue weighted by molar-refractivity contribution is 14.0. The quantitative estimate of drug-likeness (QED) is 0.346. The molecule has 0 bridgehead atoms. The van der Waals surface area contributed by atoms with E-state index >= 15 is 0 Å². The van der Waals surface area contributed by atoms with Crippen LogP contribution in [0.4, 0.5) is 0 Å². The molecule has 1 aromatic carbocycles. The Labute approximate surface area is 192 Å². The van der Waals surface area contributed by atoms with Crippen LogP contribution in [-0.2, 0) is 22.6 Å². The molecule has 1 aliphatic heterocycles. The van der Waals surface area contributed by atoms with Crippen molar-refractivity contribution in [3.8, 4) is 0 Å². The van der Waals surface area contributed by atoms with Gasteiger partial charge in [-0.25, -0.2) is 0 Å². The van der Waals surface area contributed by atoms with E-state index in [0.717, 1.165) is 51.8 Å². The van der Waals surface area contributed by atoms with Crippen LogP contribution in [0.1, 0.15) is 38.3 Å². The second-order valence-electron chi connectivity index (χ2n) is 8.64. The van der Waals surface area contributed by atoms with E-state index in [0.29, 0.717) is 6.04 Å². The molecule has 1 heterocycles. The maximum absolute atomic E-state index is 5.74. The summed E-state index contributed by atoms with van der Waals surface area (Å²) in [5, 5.41) is 7.09. The smallest absolute Gasteiger partial charge is 0.191 e. The van der Waals surface area contributed by atoms with Crippen molar-refractivity contribution in [2.24, 2.45) is 10.4 Å². The zero-order valence-corrected chi connectivity index (χ0v) is 20.8. The number of aliphatic imine (C=N–C) groups is 1. The van der Waals surface area contributed by atoms with E-state index in [1.165, 1.54) is 11.1 Å². The molecular formula is C22H37IN4O2. The van der Waals surface area contributed by atoms with Crippen molar-refractivity contribution < 1.29 is 9.47 Å². The first-order valence-corrected chi connectivity index (χ1v) is 10.3. The second kappa shape index (κ2) is 10.4. The lowest BCUT2D eigenvalue weighted by Gasteiger charge is -2.59. The number of guanidine groups is 1. The normalized spacial score (nSPS) is 26.9. The van der Waals surface area contributed by atoms with Gasteiger partial charge in [0.1, 0.15) is 0 Å². The van der Waals surface area contributed by atoms with Crippen LogP contribution < -0.4 is 10.6 Å². The molecule has 1 aromatic rings. The van der Waals surface area contributed by atoms with Crippen LogP contribution in [0.5, 0.6) is 0 Å². The fourth-order valence-electron chi connectivity index (χ4n) is 4.15. The van der Waals surface area contributed by atoms with Crippen LogP contribution >= 0.6 is 24.0 Å². The lowest BCUT2D eigenvalue weighted by molar-refractivity contribution is -0.176. The molecule has 3 rings (SSSR count). The number of benzene rings is 1. The van der Waals surface area contributed by atoms with Gasteiger partial charge in [-0.2, -0.15) is 0 Å². The van der Waals surface area contributed by atoms with Crippen LogP contribution in [0.25, 0.3) is 0 Å². The zero-order valence-electron chi connectivity index (χ0n) is 18.5. The van der Waals surface area contributed by atoms with E-state index in [-0.39, 0.29) is 35.0 Å². The Morgan fingerprint density at radius 1 is 1.21 bits per heavy atom. The summed E-state index contributed by atoms with van der Waals surface area (Å²) in [6, 6.07) is 8.99. The van der Waals surface area contributed by atoms with Gasteiger partial charge in [-0.05, 0) is 24.5 Å². The SMILES string of the molecule is CN=C(NCc1ccccc1CN1CCOCC1)NC1CC(C)(OC)C1(C)C.I. The highest BCUT2D eigenvalue weighted by Gasteiger charge is 2.58. The summed E-state index contributed by atoms with van der Waals surface area (Å²) >= 11 is 0. The van der Waals surface area contributed by atoms with Crippen molar-refractivity contribution in [1.29, 1.82) is 0 Å². The molecule has 0 amide bonds. The van der Waals surface area contributed by atoms with Gasteiger partial charge in [-0.1, -0.05) is 38.1 Å². The number of nitrogens with one attached hydrogen (secondary N) is 2. The van der Waals surface area contributed by atoms with Crippen LogP contribution in [0.3, 0.4) is 0 Å². The zero-order chi connectivity index (χ0) is 20.2. The highest BCUT2D eigenvalue weighted by Crippen LogP contribution is 2.51. The predicted molar refractivity (Wildman–Crippen MR) is 129 cm³/mol. The van der Waals surface area contributed by atoms with E-state index in [4.69, 9.17) is 9.47 Å². The lowest BCUT2D eigenvalue weighted by Crippen LogP contribution is -2.69. The molecule has 2 unspecified atom stereocenters. The van der Waals surface area contributed by atoms with E-state index in [1.54, 1.807) is 7.11 Å². The maximum Gasteiger partial charge on any atom is 0.191 e. The topological polar surface area (TPSA) is 58.1 Å². The number of ether oxygens (including phenoxy) is 2. The van der Waals surface area contributed by atoms with Crippen molar-refractivity contribution >= 4 is 29.9 Å². The molecule has 2 atom stereocenters. The first kappa shape index (κ1) is 24.4. The van der Waals surface area contributed by atoms with E-state index in [9.17, 15) is 0 Å². The molecule has 7 heteroatoms. The monoisotopic (exact) mass is 516 g/mol. The molecule has 1 aliphatic carbocycles. The number of hydrogen-bond donors (Lipinski definition) is 2. The third kappa shape index (κ3) is 5.42. The fraction of sp³-hybridized carbons (Fsp3) is 0.682. The molecule has 0 spiro atoms. The van der Waals surface area contributed by atoms with E-state index in [2.05, 4.69) is 65.6 Å². The minimum Gasteiger partial charge on any atom is -0.379 e. The molecule has 1 saturated heterocycles. The molecule has 2 N–H and O–H groups in total. The molecule has 0 radical (unpaired) electrons. The second-order valence-corrected chi connectivity index (χ2v) is 8.64. The Morgan fingerprint density at radius 2 is 1.86 bits per heavy atom. The van der Waals surface area contributed by atoms with Gasteiger partial charge in [0.25, 0.3) is 0 Å². The van der Waals surface area contributed by atoms with Gasteiger partial charge in [0.15, 0.2) is 5.96 Å². The van der Waals surface area contributed by atoms with Gasteiger partial charge in [-0.3, -0.25) is 9.89 Å². The third-order valence-electron chi connectivity index (χ3n) is 6.88. The number of methoxy groups -OCH3 is 1. The molecule has 1 saturated carbocycles. The van der Waals surface area contributed by atoms with Crippen LogP contribution in [-0.4, -0.2) is 63.0 Å². The van der Waals surface area contributed by atoms with Crippen LogP contribution in [0.2, 0.25) is 0 Å². The summed E-state index contributed by atoms with van der Waals surface area (Å²) in [5.74, 6) is 0.845.